The number of hydrogen-bond acceptors (Lipinski definition) is 7. The van der Waals surface area contributed by atoms with Crippen molar-refractivity contribution in [1.82, 2.24) is 39.0 Å². The van der Waals surface area contributed by atoms with Crippen molar-refractivity contribution >= 4 is 43.6 Å². The van der Waals surface area contributed by atoms with Crippen molar-refractivity contribution in [2.75, 3.05) is 0 Å². The predicted octanol–water partition coefficient (Wildman–Crippen LogP) is 11.4. The first kappa shape index (κ1) is 34.9. The molecule has 0 amide bonds. The molecule has 0 fully saturated rings. The van der Waals surface area contributed by atoms with Crippen LogP contribution in [0.5, 0.6) is 0 Å². The van der Waals surface area contributed by atoms with Crippen LogP contribution in [0.15, 0.2) is 164 Å². The first-order chi connectivity index (χ1) is 29.5. The summed E-state index contributed by atoms with van der Waals surface area (Å²) in [6.07, 6.45) is 0. The molecule has 4 aromatic heterocycles. The van der Waals surface area contributed by atoms with Gasteiger partial charge in [-0.05, 0) is 74.5 Å². The van der Waals surface area contributed by atoms with Crippen molar-refractivity contribution in [2.45, 2.75) is 13.8 Å². The smallest absolute Gasteiger partial charge is 0.164 e. The molecule has 0 spiro atoms. The van der Waals surface area contributed by atoms with E-state index in [9.17, 15) is 5.26 Å². The highest BCUT2D eigenvalue weighted by atomic mass is 15.0. The van der Waals surface area contributed by atoms with Crippen LogP contribution in [-0.4, -0.2) is 39.0 Å². The number of benzene rings is 7. The Morgan fingerprint density at radius 1 is 0.417 bits per heavy atom. The summed E-state index contributed by atoms with van der Waals surface area (Å²) < 4.78 is 4.56. The summed E-state index contributed by atoms with van der Waals surface area (Å²) in [5.41, 5.74) is 9.86. The third-order valence-electron chi connectivity index (χ3n) is 11.0. The quantitative estimate of drug-likeness (QED) is 0.165. The van der Waals surface area contributed by atoms with E-state index in [2.05, 4.69) is 115 Å². The van der Waals surface area contributed by atoms with Crippen molar-refractivity contribution in [3.63, 3.8) is 0 Å². The van der Waals surface area contributed by atoms with Crippen LogP contribution in [0, 0.1) is 25.2 Å². The lowest BCUT2D eigenvalue weighted by Crippen LogP contribution is -2.02. The van der Waals surface area contributed by atoms with Crippen LogP contribution >= 0.6 is 0 Å². The maximum absolute atomic E-state index is 10.9. The normalized spacial score (nSPS) is 11.5. The van der Waals surface area contributed by atoms with Gasteiger partial charge in [0.2, 0.25) is 0 Å². The Morgan fingerprint density at radius 2 is 0.933 bits per heavy atom. The van der Waals surface area contributed by atoms with Gasteiger partial charge in [-0.1, -0.05) is 103 Å². The third kappa shape index (κ3) is 5.69. The van der Waals surface area contributed by atoms with Gasteiger partial charge in [0.15, 0.2) is 23.3 Å². The van der Waals surface area contributed by atoms with Crippen molar-refractivity contribution < 1.29 is 0 Å². The van der Waals surface area contributed by atoms with Crippen molar-refractivity contribution in [1.29, 1.82) is 5.26 Å². The molecule has 0 aliphatic carbocycles. The zero-order valence-electron chi connectivity index (χ0n) is 32.6. The molecule has 0 aliphatic heterocycles. The number of fused-ring (bicyclic) bond motifs is 7. The lowest BCUT2D eigenvalue weighted by Gasteiger charge is -2.13. The first-order valence-electron chi connectivity index (χ1n) is 19.7. The Kier molecular flexibility index (Phi) is 8.10. The molecule has 9 heteroatoms. The molecule has 0 atom stereocenters. The minimum atomic E-state index is 0.492. The molecular formula is C51H33N9. The lowest BCUT2D eigenvalue weighted by atomic mass is 10.1. The molecule has 9 nitrogen and oxygen atoms in total. The molecular weight excluding hydrogens is 739 g/mol. The van der Waals surface area contributed by atoms with Gasteiger partial charge in [-0.15, -0.1) is 0 Å². The highest BCUT2D eigenvalue weighted by molar-refractivity contribution is 6.26. The zero-order chi connectivity index (χ0) is 40.3. The van der Waals surface area contributed by atoms with Crippen molar-refractivity contribution in [3.05, 3.63) is 181 Å². The van der Waals surface area contributed by atoms with E-state index in [1.165, 1.54) is 0 Å². The van der Waals surface area contributed by atoms with Crippen LogP contribution in [0.2, 0.25) is 0 Å². The summed E-state index contributed by atoms with van der Waals surface area (Å²) in [6, 6.07) is 58.0. The van der Waals surface area contributed by atoms with Gasteiger partial charge in [-0.2, -0.15) is 5.26 Å². The van der Waals surface area contributed by atoms with E-state index in [1.807, 2.05) is 92.7 Å². The van der Waals surface area contributed by atoms with Crippen LogP contribution < -0.4 is 0 Å². The van der Waals surface area contributed by atoms with Gasteiger partial charge in [0.25, 0.3) is 0 Å². The topological polar surface area (TPSA) is 111 Å². The molecule has 0 N–H and O–H groups in total. The lowest BCUT2D eigenvalue weighted by molar-refractivity contribution is 0.928. The van der Waals surface area contributed by atoms with Gasteiger partial charge in [0.1, 0.15) is 17.7 Å². The second-order valence-corrected chi connectivity index (χ2v) is 14.7. The van der Waals surface area contributed by atoms with E-state index in [0.717, 1.165) is 77.2 Å². The van der Waals surface area contributed by atoms with Gasteiger partial charge in [0.05, 0.1) is 33.3 Å². The van der Waals surface area contributed by atoms with Crippen LogP contribution in [0.4, 0.5) is 0 Å². The molecule has 0 radical (unpaired) electrons. The maximum Gasteiger partial charge on any atom is 0.164 e. The maximum atomic E-state index is 10.9. The van der Waals surface area contributed by atoms with E-state index in [-0.39, 0.29) is 0 Å². The van der Waals surface area contributed by atoms with Gasteiger partial charge < -0.3 is 9.13 Å². The summed E-state index contributed by atoms with van der Waals surface area (Å²) in [5, 5.41) is 15.3. The fourth-order valence-electron chi connectivity index (χ4n) is 8.44. The molecule has 60 heavy (non-hydrogen) atoms. The first-order valence-corrected chi connectivity index (χ1v) is 19.7. The Labute approximate surface area is 344 Å². The standard InChI is InChI=1S/C51H33N9/c1-31-53-32(2)55-48(54-31)35-21-24-38(25-22-35)59-43-19-11-9-17-39(43)40-26-28-45-46(47(40)59)41-18-10-12-20-44(41)60(45)42-27-23-36(29-37(42)30-52)51-57-49(33-13-5-3-6-14-33)56-50(58-51)34-15-7-4-8-16-34/h3-29H,1-2H3. The molecule has 0 saturated heterocycles. The van der Waals surface area contributed by atoms with E-state index in [1.54, 1.807) is 0 Å². The van der Waals surface area contributed by atoms with Gasteiger partial charge >= 0.3 is 0 Å². The zero-order valence-corrected chi connectivity index (χ0v) is 32.6. The number of nitrogens with zero attached hydrogens (tertiary/aromatic N) is 9. The van der Waals surface area contributed by atoms with E-state index in [4.69, 9.17) is 15.0 Å². The fourth-order valence-corrected chi connectivity index (χ4v) is 8.44. The number of hydrogen-bond donors (Lipinski definition) is 0. The monoisotopic (exact) mass is 771 g/mol. The number of rotatable bonds is 6. The molecule has 11 rings (SSSR count). The number of para-hydroxylation sites is 2. The summed E-state index contributed by atoms with van der Waals surface area (Å²) in [5.74, 6) is 3.66. The largest absolute Gasteiger partial charge is 0.309 e. The average Bonchev–Trinajstić information content (AvgIpc) is 3.82. The minimum absolute atomic E-state index is 0.492. The number of aryl methyl sites for hydroxylation is 2. The van der Waals surface area contributed by atoms with Gasteiger partial charge in [-0.3, -0.25) is 0 Å². The predicted molar refractivity (Wildman–Crippen MR) is 238 cm³/mol. The molecule has 7 aromatic carbocycles. The highest BCUT2D eigenvalue weighted by Gasteiger charge is 2.23. The molecule has 11 aromatic rings. The Balaban J connectivity index is 1.11. The molecule has 0 unspecified atom stereocenters. The molecule has 0 aliphatic rings. The average molecular weight is 772 g/mol. The Bertz CT molecular complexity index is 3430. The summed E-state index contributed by atoms with van der Waals surface area (Å²) in [6.45, 7) is 3.78. The summed E-state index contributed by atoms with van der Waals surface area (Å²) in [4.78, 5) is 28.3. The Hall–Kier alpha value is -8.35. The minimum Gasteiger partial charge on any atom is -0.309 e. The molecule has 0 saturated carbocycles. The van der Waals surface area contributed by atoms with Gasteiger partial charge in [0, 0.05) is 49.5 Å². The molecule has 0 bridgehead atoms. The van der Waals surface area contributed by atoms with Crippen LogP contribution in [0.1, 0.15) is 17.2 Å². The van der Waals surface area contributed by atoms with Crippen LogP contribution in [0.25, 0.3) is 101 Å². The fraction of sp³-hybridized carbons (Fsp3) is 0.0392. The summed E-state index contributed by atoms with van der Waals surface area (Å²) >= 11 is 0. The summed E-state index contributed by atoms with van der Waals surface area (Å²) in [7, 11) is 0. The molecule has 4 heterocycles. The van der Waals surface area contributed by atoms with Crippen LogP contribution in [0.3, 0.4) is 0 Å². The van der Waals surface area contributed by atoms with Crippen molar-refractivity contribution in [3.8, 4) is 63.0 Å². The second kappa shape index (κ2) is 13.9. The SMILES string of the molecule is Cc1nc(C)nc(-c2ccc(-n3c4ccccc4c4ccc5c(c6ccccc6n5-c5ccc(-c6nc(-c7ccccc7)nc(-c7ccccc7)n6)cc5C#N)c43)cc2)n1. The third-order valence-corrected chi connectivity index (χ3v) is 11.0. The number of aromatic nitrogens is 8. The van der Waals surface area contributed by atoms with E-state index >= 15 is 0 Å². The number of nitriles is 1. The van der Waals surface area contributed by atoms with Crippen LogP contribution in [-0.2, 0) is 0 Å². The van der Waals surface area contributed by atoms with Gasteiger partial charge in [-0.25, -0.2) is 29.9 Å². The van der Waals surface area contributed by atoms with E-state index in [0.29, 0.717) is 40.5 Å². The highest BCUT2D eigenvalue weighted by Crippen LogP contribution is 2.42. The second-order valence-electron chi connectivity index (χ2n) is 14.7. The Morgan fingerprint density at radius 3 is 1.57 bits per heavy atom. The molecule has 282 valence electrons. The van der Waals surface area contributed by atoms with E-state index < -0.39 is 0 Å². The van der Waals surface area contributed by atoms with Crippen molar-refractivity contribution in [2.24, 2.45) is 0 Å².